The third kappa shape index (κ3) is 5.29. The van der Waals surface area contributed by atoms with Gasteiger partial charge in [-0.25, -0.2) is 0 Å². The Morgan fingerprint density at radius 1 is 1.47 bits per heavy atom. The molecule has 0 aliphatic heterocycles. The first-order valence-corrected chi connectivity index (χ1v) is 5.29. The number of rotatable bonds is 4. The van der Waals surface area contributed by atoms with Crippen molar-refractivity contribution in [1.29, 1.82) is 5.26 Å². The molecule has 0 bridgehead atoms. The fourth-order valence-electron chi connectivity index (χ4n) is 1.30. The van der Waals surface area contributed by atoms with Crippen LogP contribution in [-0.2, 0) is 4.79 Å². The Hall–Kier alpha value is -2.23. The second-order valence-electron chi connectivity index (χ2n) is 3.76. The maximum absolute atomic E-state index is 12.0. The summed E-state index contributed by atoms with van der Waals surface area (Å²) >= 11 is 0. The summed E-state index contributed by atoms with van der Waals surface area (Å²) in [6, 6.07) is 5.82. The predicted octanol–water partition coefficient (Wildman–Crippen LogP) is 2.79. The summed E-state index contributed by atoms with van der Waals surface area (Å²) in [5.74, 6) is -0.414. The number of benzene rings is 1. The van der Waals surface area contributed by atoms with E-state index in [0.29, 0.717) is 11.3 Å². The molecule has 0 aliphatic carbocycles. The first kappa shape index (κ1) is 14.8. The fourth-order valence-corrected chi connectivity index (χ4v) is 1.30. The van der Waals surface area contributed by atoms with Crippen LogP contribution in [0.15, 0.2) is 18.2 Å². The highest BCUT2D eigenvalue weighted by atomic mass is 19.4. The highest BCUT2D eigenvalue weighted by Gasteiger charge is 2.28. The molecule has 102 valence electrons. The van der Waals surface area contributed by atoms with E-state index in [2.05, 4.69) is 10.1 Å². The van der Waals surface area contributed by atoms with Crippen molar-refractivity contribution < 1.29 is 22.7 Å². The molecule has 19 heavy (non-hydrogen) atoms. The largest absolute Gasteiger partial charge is 0.484 e. The minimum Gasteiger partial charge on any atom is -0.484 e. The summed E-state index contributed by atoms with van der Waals surface area (Å²) in [7, 11) is 0. The van der Waals surface area contributed by atoms with Gasteiger partial charge in [0.2, 0.25) is 5.91 Å². The van der Waals surface area contributed by atoms with Crippen LogP contribution in [0.2, 0.25) is 0 Å². The predicted molar refractivity (Wildman–Crippen MR) is 61.6 cm³/mol. The van der Waals surface area contributed by atoms with Gasteiger partial charge < -0.3 is 10.1 Å². The van der Waals surface area contributed by atoms with E-state index in [9.17, 15) is 18.0 Å². The molecule has 0 atom stereocenters. The Morgan fingerprint density at radius 2 is 2.16 bits per heavy atom. The van der Waals surface area contributed by atoms with E-state index in [1.165, 1.54) is 18.2 Å². The van der Waals surface area contributed by atoms with Crippen molar-refractivity contribution >= 4 is 11.6 Å². The number of hydrogen-bond donors (Lipinski definition) is 1. The Labute approximate surface area is 107 Å². The van der Waals surface area contributed by atoms with E-state index in [1.807, 2.05) is 0 Å². The van der Waals surface area contributed by atoms with Gasteiger partial charge in [-0.1, -0.05) is 0 Å². The van der Waals surface area contributed by atoms with Gasteiger partial charge in [-0.3, -0.25) is 4.79 Å². The minimum absolute atomic E-state index is 0.0631. The average Bonchev–Trinajstić information content (AvgIpc) is 2.29. The highest BCUT2D eigenvalue weighted by Crippen LogP contribution is 2.23. The van der Waals surface area contributed by atoms with E-state index in [-0.39, 0.29) is 12.2 Å². The van der Waals surface area contributed by atoms with Gasteiger partial charge in [0.1, 0.15) is 12.2 Å². The zero-order valence-electron chi connectivity index (χ0n) is 10.0. The Bertz CT molecular complexity index is 507. The summed E-state index contributed by atoms with van der Waals surface area (Å²) in [5, 5.41) is 10.8. The Kier molecular flexibility index (Phi) is 4.75. The van der Waals surface area contributed by atoms with Crippen LogP contribution in [0.4, 0.5) is 18.9 Å². The summed E-state index contributed by atoms with van der Waals surface area (Å²) in [6.07, 6.45) is -4.68. The molecule has 0 radical (unpaired) electrons. The quantitative estimate of drug-likeness (QED) is 0.916. The third-order valence-electron chi connectivity index (χ3n) is 2.11. The zero-order chi connectivity index (χ0) is 14.5. The molecule has 1 N–H and O–H groups in total. The zero-order valence-corrected chi connectivity index (χ0v) is 10.0. The topological polar surface area (TPSA) is 62.1 Å². The number of ether oxygens (including phenoxy) is 1. The fraction of sp³-hybridized carbons (Fsp3) is 0.333. The third-order valence-corrected chi connectivity index (χ3v) is 2.11. The van der Waals surface area contributed by atoms with E-state index in [4.69, 9.17) is 5.26 Å². The van der Waals surface area contributed by atoms with Crippen LogP contribution < -0.4 is 10.1 Å². The number of nitriles is 1. The van der Waals surface area contributed by atoms with Gasteiger partial charge in [0.25, 0.3) is 0 Å². The van der Waals surface area contributed by atoms with Gasteiger partial charge in [-0.05, 0) is 30.7 Å². The number of anilines is 1. The lowest BCUT2D eigenvalue weighted by Crippen LogP contribution is -2.19. The maximum Gasteiger partial charge on any atom is 0.422 e. The number of alkyl halides is 3. The normalized spacial score (nSPS) is 10.7. The van der Waals surface area contributed by atoms with E-state index in [1.54, 1.807) is 13.0 Å². The van der Waals surface area contributed by atoms with Gasteiger partial charge >= 0.3 is 6.18 Å². The number of aryl methyl sites for hydroxylation is 1. The van der Waals surface area contributed by atoms with Crippen molar-refractivity contribution in [3.63, 3.8) is 0 Å². The smallest absolute Gasteiger partial charge is 0.422 e. The molecule has 1 rings (SSSR count). The van der Waals surface area contributed by atoms with Crippen molar-refractivity contribution in [2.45, 2.75) is 19.5 Å². The molecule has 1 amide bonds. The number of amides is 1. The highest BCUT2D eigenvalue weighted by molar-refractivity contribution is 5.92. The number of nitrogens with zero attached hydrogens (tertiary/aromatic N) is 1. The first-order valence-electron chi connectivity index (χ1n) is 5.29. The van der Waals surface area contributed by atoms with E-state index >= 15 is 0 Å². The lowest BCUT2D eigenvalue weighted by Gasteiger charge is -2.12. The molecular formula is C12H11F3N2O2. The van der Waals surface area contributed by atoms with Crippen LogP contribution in [-0.4, -0.2) is 18.7 Å². The lowest BCUT2D eigenvalue weighted by atomic mass is 10.2. The van der Waals surface area contributed by atoms with Crippen molar-refractivity contribution in [1.82, 2.24) is 0 Å². The maximum atomic E-state index is 12.0. The molecule has 4 nitrogen and oxygen atoms in total. The number of carbonyl (C=O) groups is 1. The molecule has 1 aromatic carbocycles. The SMILES string of the molecule is Cc1cc(OCC(F)(F)F)ccc1NC(=O)CC#N. The molecule has 0 aliphatic rings. The summed E-state index contributed by atoms with van der Waals surface area (Å²) < 4.78 is 40.5. The van der Waals surface area contributed by atoms with Crippen LogP contribution >= 0.6 is 0 Å². The molecule has 0 unspecified atom stereocenters. The van der Waals surface area contributed by atoms with Crippen molar-refractivity contribution in [2.75, 3.05) is 11.9 Å². The number of halogens is 3. The van der Waals surface area contributed by atoms with Gasteiger partial charge in [-0.15, -0.1) is 0 Å². The Balaban J connectivity index is 2.70. The van der Waals surface area contributed by atoms with Crippen LogP contribution in [0.5, 0.6) is 5.75 Å². The molecular weight excluding hydrogens is 261 g/mol. The van der Waals surface area contributed by atoms with Crippen LogP contribution in [0.3, 0.4) is 0 Å². The van der Waals surface area contributed by atoms with E-state index in [0.717, 1.165) is 0 Å². The molecule has 1 aromatic rings. The summed E-state index contributed by atoms with van der Waals surface area (Å²) in [5.41, 5.74) is 0.977. The lowest BCUT2D eigenvalue weighted by molar-refractivity contribution is -0.153. The minimum atomic E-state index is -4.40. The number of nitrogens with one attached hydrogen (secondary N) is 1. The van der Waals surface area contributed by atoms with Gasteiger partial charge in [0.05, 0.1) is 6.07 Å². The second-order valence-corrected chi connectivity index (χ2v) is 3.76. The summed E-state index contributed by atoms with van der Waals surface area (Å²) in [6.45, 7) is 0.245. The van der Waals surface area contributed by atoms with Gasteiger partial charge in [0.15, 0.2) is 6.61 Å². The van der Waals surface area contributed by atoms with Crippen molar-refractivity contribution in [3.05, 3.63) is 23.8 Å². The Morgan fingerprint density at radius 3 is 2.68 bits per heavy atom. The molecule has 0 saturated heterocycles. The number of carbonyl (C=O) groups excluding carboxylic acids is 1. The second kappa shape index (κ2) is 6.09. The number of hydrogen-bond acceptors (Lipinski definition) is 3. The first-order chi connectivity index (χ1) is 8.81. The van der Waals surface area contributed by atoms with Crippen LogP contribution in [0.25, 0.3) is 0 Å². The van der Waals surface area contributed by atoms with Gasteiger partial charge in [-0.2, -0.15) is 18.4 Å². The molecule has 0 spiro atoms. The molecule has 0 aromatic heterocycles. The van der Waals surface area contributed by atoms with Crippen LogP contribution in [0.1, 0.15) is 12.0 Å². The van der Waals surface area contributed by atoms with Crippen LogP contribution in [0, 0.1) is 18.3 Å². The van der Waals surface area contributed by atoms with Crippen molar-refractivity contribution in [2.24, 2.45) is 0 Å². The molecule has 0 heterocycles. The van der Waals surface area contributed by atoms with E-state index < -0.39 is 18.7 Å². The van der Waals surface area contributed by atoms with Gasteiger partial charge in [0, 0.05) is 5.69 Å². The molecule has 7 heteroatoms. The average molecular weight is 272 g/mol. The summed E-state index contributed by atoms with van der Waals surface area (Å²) in [4.78, 5) is 11.2. The standard InChI is InChI=1S/C12H11F3N2O2/c1-8-6-9(19-7-12(13,14)15)2-3-10(8)17-11(18)4-5-16/h2-3,6H,4,7H2,1H3,(H,17,18). The monoisotopic (exact) mass is 272 g/mol. The molecule has 0 fully saturated rings. The molecule has 0 saturated carbocycles. The van der Waals surface area contributed by atoms with Crippen molar-refractivity contribution in [3.8, 4) is 11.8 Å².